The van der Waals surface area contributed by atoms with Crippen molar-refractivity contribution in [2.45, 2.75) is 58.8 Å². The van der Waals surface area contributed by atoms with Gasteiger partial charge in [0.1, 0.15) is 5.82 Å². The van der Waals surface area contributed by atoms with Crippen LogP contribution in [0.1, 0.15) is 64.8 Å². The van der Waals surface area contributed by atoms with Gasteiger partial charge in [-0.3, -0.25) is 4.79 Å². The molecule has 1 fully saturated rings. The van der Waals surface area contributed by atoms with Crippen LogP contribution in [0.5, 0.6) is 0 Å². The molecule has 3 nitrogen and oxygen atoms in total. The van der Waals surface area contributed by atoms with Gasteiger partial charge in [-0.25, -0.2) is 4.98 Å². The van der Waals surface area contributed by atoms with Gasteiger partial charge in [0.05, 0.1) is 10.9 Å². The van der Waals surface area contributed by atoms with Crippen molar-refractivity contribution in [2.75, 3.05) is 0 Å². The molecule has 0 aliphatic heterocycles. The van der Waals surface area contributed by atoms with Gasteiger partial charge in [0.25, 0.3) is 5.56 Å². The summed E-state index contributed by atoms with van der Waals surface area (Å²) in [5.74, 6) is 1.38. The smallest absolute Gasteiger partial charge is 0.258 e. The number of aromatic nitrogens is 2. The molecule has 20 heavy (non-hydrogen) atoms. The molecule has 0 unspecified atom stereocenters. The summed E-state index contributed by atoms with van der Waals surface area (Å²) in [6, 6.07) is 5.93. The van der Waals surface area contributed by atoms with E-state index < -0.39 is 0 Å². The van der Waals surface area contributed by atoms with Crippen LogP contribution in [0.15, 0.2) is 23.0 Å². The number of aromatic amines is 1. The Kier molecular flexibility index (Phi) is 3.98. The second kappa shape index (κ2) is 5.39. The van der Waals surface area contributed by atoms with Gasteiger partial charge in [-0.05, 0) is 30.4 Å². The summed E-state index contributed by atoms with van der Waals surface area (Å²) >= 11 is 0. The van der Waals surface area contributed by atoms with Crippen LogP contribution in [0.25, 0.3) is 10.9 Å². The van der Waals surface area contributed by atoms with E-state index in [1.54, 1.807) is 0 Å². The predicted octanol–water partition coefficient (Wildman–Crippen LogP) is 4.12. The molecular formula is C17H24N2O. The maximum absolute atomic E-state index is 12.1. The number of fused-ring (bicyclic) bond motifs is 1. The number of benzene rings is 1. The number of hydrogen-bond donors (Lipinski definition) is 1. The second-order valence-electron chi connectivity index (χ2n) is 6.18. The molecule has 0 saturated heterocycles. The number of para-hydroxylation sites is 1. The highest BCUT2D eigenvalue weighted by Gasteiger charge is 2.27. The number of rotatable bonds is 1. The van der Waals surface area contributed by atoms with Crippen LogP contribution in [0.3, 0.4) is 0 Å². The summed E-state index contributed by atoms with van der Waals surface area (Å²) < 4.78 is 0. The summed E-state index contributed by atoms with van der Waals surface area (Å²) in [6.07, 6.45) is 2.44. The predicted molar refractivity (Wildman–Crippen MR) is 84.4 cm³/mol. The van der Waals surface area contributed by atoms with Gasteiger partial charge in [-0.15, -0.1) is 0 Å². The third kappa shape index (κ3) is 2.77. The maximum atomic E-state index is 12.1. The third-order valence-corrected chi connectivity index (χ3v) is 3.49. The van der Waals surface area contributed by atoms with Crippen LogP contribution in [0.4, 0.5) is 0 Å². The molecular weight excluding hydrogens is 248 g/mol. The topological polar surface area (TPSA) is 45.8 Å². The minimum Gasteiger partial charge on any atom is -0.310 e. The van der Waals surface area contributed by atoms with Crippen molar-refractivity contribution in [1.82, 2.24) is 9.97 Å². The van der Waals surface area contributed by atoms with Gasteiger partial charge in [-0.2, -0.15) is 0 Å². The number of nitrogens with zero attached hydrogens (tertiary/aromatic N) is 1. The van der Waals surface area contributed by atoms with Crippen molar-refractivity contribution in [2.24, 2.45) is 0 Å². The van der Waals surface area contributed by atoms with E-state index in [0.29, 0.717) is 11.3 Å². The van der Waals surface area contributed by atoms with Gasteiger partial charge in [0.2, 0.25) is 0 Å². The molecule has 108 valence electrons. The minimum atomic E-state index is -0.135. The summed E-state index contributed by atoms with van der Waals surface area (Å²) in [6.45, 7) is 10.2. The molecule has 3 rings (SSSR count). The molecule has 1 heterocycles. The fraction of sp³-hybridized carbons (Fsp3) is 0.529. The van der Waals surface area contributed by atoms with Crippen LogP contribution < -0.4 is 5.56 Å². The Labute approximate surface area is 120 Å². The normalized spacial score (nSPS) is 14.8. The van der Waals surface area contributed by atoms with Crippen LogP contribution in [-0.4, -0.2) is 9.97 Å². The summed E-state index contributed by atoms with van der Waals surface area (Å²) in [5.41, 5.74) is 1.98. The third-order valence-electron chi connectivity index (χ3n) is 3.49. The van der Waals surface area contributed by atoms with E-state index >= 15 is 0 Å². The largest absolute Gasteiger partial charge is 0.310 e. The van der Waals surface area contributed by atoms with Crippen molar-refractivity contribution in [3.05, 3.63) is 39.9 Å². The van der Waals surface area contributed by atoms with E-state index in [-0.39, 0.29) is 11.0 Å². The molecule has 1 aliphatic carbocycles. The molecule has 0 spiro atoms. The monoisotopic (exact) mass is 272 g/mol. The Bertz CT molecular complexity index is 661. The molecule has 0 bridgehead atoms. The summed E-state index contributed by atoms with van der Waals surface area (Å²) in [5, 5.41) is 0.715. The van der Waals surface area contributed by atoms with E-state index in [1.807, 2.05) is 26.0 Å². The lowest BCUT2D eigenvalue weighted by atomic mass is 9.95. The molecule has 3 heteroatoms. The highest BCUT2D eigenvalue weighted by Crippen LogP contribution is 2.42. The summed E-state index contributed by atoms with van der Waals surface area (Å²) in [7, 11) is 0. The maximum Gasteiger partial charge on any atom is 0.258 e. The summed E-state index contributed by atoms with van der Waals surface area (Å²) in [4.78, 5) is 19.8. The van der Waals surface area contributed by atoms with Crippen LogP contribution in [0, 0.1) is 0 Å². The zero-order valence-electron chi connectivity index (χ0n) is 13.1. The SMILES string of the molecule is CC.CC(C)(C)c1nc2c(C3CC3)cccc2c(=O)[nH]1. The fourth-order valence-electron chi connectivity index (χ4n) is 2.26. The van der Waals surface area contributed by atoms with Crippen molar-refractivity contribution in [3.8, 4) is 0 Å². The zero-order chi connectivity index (χ0) is 14.9. The Morgan fingerprint density at radius 2 is 1.85 bits per heavy atom. The first kappa shape index (κ1) is 14.8. The molecule has 0 atom stereocenters. The van der Waals surface area contributed by atoms with E-state index in [2.05, 4.69) is 31.8 Å². The Morgan fingerprint density at radius 3 is 2.40 bits per heavy atom. The van der Waals surface area contributed by atoms with Crippen molar-refractivity contribution >= 4 is 10.9 Å². The minimum absolute atomic E-state index is 0.0209. The average Bonchev–Trinajstić information content (AvgIpc) is 3.24. The fourth-order valence-corrected chi connectivity index (χ4v) is 2.26. The van der Waals surface area contributed by atoms with Crippen LogP contribution >= 0.6 is 0 Å². The standard InChI is InChI=1S/C15H18N2O.C2H6/c1-15(2,3)14-16-12-10(9-7-8-9)5-4-6-11(12)13(18)17-14;1-2/h4-6,9H,7-8H2,1-3H3,(H,16,17,18);1-2H3. The van der Waals surface area contributed by atoms with E-state index in [0.717, 1.165) is 11.3 Å². The molecule has 2 aromatic rings. The van der Waals surface area contributed by atoms with Gasteiger partial charge in [0, 0.05) is 5.41 Å². The van der Waals surface area contributed by atoms with Gasteiger partial charge in [-0.1, -0.05) is 46.8 Å². The van der Waals surface area contributed by atoms with Crippen LogP contribution in [-0.2, 0) is 5.41 Å². The number of hydrogen-bond acceptors (Lipinski definition) is 2. The van der Waals surface area contributed by atoms with Crippen LogP contribution in [0.2, 0.25) is 0 Å². The van der Waals surface area contributed by atoms with Crippen molar-refractivity contribution < 1.29 is 0 Å². The first-order valence-corrected chi connectivity index (χ1v) is 7.50. The lowest BCUT2D eigenvalue weighted by molar-refractivity contribution is 0.546. The van der Waals surface area contributed by atoms with Crippen molar-refractivity contribution in [3.63, 3.8) is 0 Å². The van der Waals surface area contributed by atoms with Crippen molar-refractivity contribution in [1.29, 1.82) is 0 Å². The molecule has 1 saturated carbocycles. The van der Waals surface area contributed by atoms with E-state index in [4.69, 9.17) is 4.98 Å². The van der Waals surface area contributed by atoms with Gasteiger partial charge < -0.3 is 4.98 Å². The molecule has 0 amide bonds. The number of H-pyrrole nitrogens is 1. The Hall–Kier alpha value is -1.64. The second-order valence-corrected chi connectivity index (χ2v) is 6.18. The molecule has 1 aromatic carbocycles. The van der Waals surface area contributed by atoms with Gasteiger partial charge in [0.15, 0.2) is 0 Å². The van der Waals surface area contributed by atoms with E-state index in [1.165, 1.54) is 18.4 Å². The highest BCUT2D eigenvalue weighted by atomic mass is 16.1. The lowest BCUT2D eigenvalue weighted by Gasteiger charge is -2.18. The molecule has 1 N–H and O–H groups in total. The molecule has 1 aliphatic rings. The first-order chi connectivity index (χ1) is 9.47. The number of nitrogens with one attached hydrogen (secondary N) is 1. The molecule has 0 radical (unpaired) electrons. The van der Waals surface area contributed by atoms with Gasteiger partial charge >= 0.3 is 0 Å². The Morgan fingerprint density at radius 1 is 1.20 bits per heavy atom. The highest BCUT2D eigenvalue weighted by molar-refractivity contribution is 5.81. The quantitative estimate of drug-likeness (QED) is 0.848. The average molecular weight is 272 g/mol. The lowest BCUT2D eigenvalue weighted by Crippen LogP contribution is -2.22. The molecule has 1 aromatic heterocycles. The van der Waals surface area contributed by atoms with E-state index in [9.17, 15) is 4.79 Å². The Balaban J connectivity index is 0.000000704. The zero-order valence-corrected chi connectivity index (χ0v) is 13.1. The first-order valence-electron chi connectivity index (χ1n) is 7.50.